The molecule has 0 bridgehead atoms. The fourth-order valence-electron chi connectivity index (χ4n) is 2.46. The number of hydrogen-bond acceptors (Lipinski definition) is 6. The van der Waals surface area contributed by atoms with E-state index in [9.17, 15) is 14.4 Å². The van der Waals surface area contributed by atoms with Gasteiger partial charge in [0.15, 0.2) is 0 Å². The molecule has 3 aromatic heterocycles. The molecule has 26 heavy (non-hydrogen) atoms. The van der Waals surface area contributed by atoms with E-state index in [0.29, 0.717) is 23.3 Å². The maximum atomic E-state index is 12.5. The molecule has 0 unspecified atom stereocenters. The molecular formula is C17H18N4O3S2. The average molecular weight is 390 g/mol. The van der Waals surface area contributed by atoms with E-state index >= 15 is 0 Å². The van der Waals surface area contributed by atoms with Crippen molar-refractivity contribution in [2.45, 2.75) is 20.0 Å². The van der Waals surface area contributed by atoms with Crippen molar-refractivity contribution in [3.63, 3.8) is 0 Å². The van der Waals surface area contributed by atoms with E-state index in [1.54, 1.807) is 29.7 Å². The molecule has 0 aliphatic carbocycles. The standard InChI is InChI=1S/C17H18N4O3S2/c1-2-20(9-14(22)18-8-12-4-3-6-25-12)15(23)10-21-11-19-16-13(17(21)24)5-7-26-16/h3-7,11H,2,8-10H2,1H3,(H,18,22). The lowest BCUT2D eigenvalue weighted by molar-refractivity contribution is -0.136. The fourth-order valence-corrected chi connectivity index (χ4v) is 3.82. The Labute approximate surface area is 157 Å². The molecule has 0 saturated carbocycles. The number of carbonyl (C=O) groups is 2. The first kappa shape index (κ1) is 18.3. The number of carbonyl (C=O) groups excluding carboxylic acids is 2. The fraction of sp³-hybridized carbons (Fsp3) is 0.294. The van der Waals surface area contributed by atoms with Gasteiger partial charge in [-0.2, -0.15) is 0 Å². The molecule has 0 aliphatic rings. The zero-order valence-corrected chi connectivity index (χ0v) is 15.8. The molecule has 0 aliphatic heterocycles. The van der Waals surface area contributed by atoms with Crippen LogP contribution in [0.2, 0.25) is 0 Å². The van der Waals surface area contributed by atoms with Gasteiger partial charge in [0.25, 0.3) is 5.56 Å². The van der Waals surface area contributed by atoms with Gasteiger partial charge in [-0.15, -0.1) is 22.7 Å². The van der Waals surface area contributed by atoms with Crippen molar-refractivity contribution < 1.29 is 9.59 Å². The summed E-state index contributed by atoms with van der Waals surface area (Å²) in [5.41, 5.74) is -0.247. The summed E-state index contributed by atoms with van der Waals surface area (Å²) in [7, 11) is 0. The monoisotopic (exact) mass is 390 g/mol. The van der Waals surface area contributed by atoms with Crippen LogP contribution >= 0.6 is 22.7 Å². The van der Waals surface area contributed by atoms with E-state index < -0.39 is 0 Å². The van der Waals surface area contributed by atoms with Gasteiger partial charge in [-0.3, -0.25) is 19.0 Å². The molecule has 3 aromatic rings. The van der Waals surface area contributed by atoms with Crippen LogP contribution in [0.5, 0.6) is 0 Å². The van der Waals surface area contributed by atoms with Crippen molar-refractivity contribution in [2.75, 3.05) is 13.1 Å². The highest BCUT2D eigenvalue weighted by Crippen LogP contribution is 2.13. The number of nitrogens with zero attached hydrogens (tertiary/aromatic N) is 3. The quantitative estimate of drug-likeness (QED) is 0.665. The van der Waals surface area contributed by atoms with Gasteiger partial charge in [0, 0.05) is 11.4 Å². The Kier molecular flexibility index (Phi) is 5.79. The highest BCUT2D eigenvalue weighted by atomic mass is 32.1. The van der Waals surface area contributed by atoms with Gasteiger partial charge in [-0.1, -0.05) is 6.07 Å². The van der Waals surface area contributed by atoms with Crippen LogP contribution in [-0.2, 0) is 22.7 Å². The van der Waals surface area contributed by atoms with Gasteiger partial charge in [-0.05, 0) is 29.8 Å². The second-order valence-corrected chi connectivity index (χ2v) is 7.51. The van der Waals surface area contributed by atoms with Crippen LogP contribution in [0.3, 0.4) is 0 Å². The molecule has 3 rings (SSSR count). The Bertz CT molecular complexity index is 962. The first-order valence-corrected chi connectivity index (χ1v) is 9.84. The molecule has 0 fully saturated rings. The van der Waals surface area contributed by atoms with E-state index in [0.717, 1.165) is 4.88 Å². The third kappa shape index (κ3) is 4.17. The van der Waals surface area contributed by atoms with E-state index in [1.807, 2.05) is 17.5 Å². The maximum absolute atomic E-state index is 12.5. The third-order valence-corrected chi connectivity index (χ3v) is 5.56. The molecule has 9 heteroatoms. The third-order valence-electron chi connectivity index (χ3n) is 3.86. The second-order valence-electron chi connectivity index (χ2n) is 5.58. The number of hydrogen-bond donors (Lipinski definition) is 1. The van der Waals surface area contributed by atoms with Crippen LogP contribution in [0, 0.1) is 0 Å². The minimum Gasteiger partial charge on any atom is -0.350 e. The van der Waals surface area contributed by atoms with Gasteiger partial charge in [-0.25, -0.2) is 4.98 Å². The summed E-state index contributed by atoms with van der Waals surface area (Å²) in [6.45, 7) is 2.45. The lowest BCUT2D eigenvalue weighted by Gasteiger charge is -2.20. The Morgan fingerprint density at radius 2 is 2.12 bits per heavy atom. The largest absolute Gasteiger partial charge is 0.350 e. The van der Waals surface area contributed by atoms with Crippen LogP contribution < -0.4 is 10.9 Å². The van der Waals surface area contributed by atoms with E-state index in [-0.39, 0.29) is 30.5 Å². The molecule has 1 N–H and O–H groups in total. The average Bonchev–Trinajstić information content (AvgIpc) is 3.31. The van der Waals surface area contributed by atoms with Crippen molar-refractivity contribution in [3.05, 3.63) is 50.5 Å². The van der Waals surface area contributed by atoms with Crippen LogP contribution in [-0.4, -0.2) is 39.4 Å². The van der Waals surface area contributed by atoms with Crippen LogP contribution in [0.1, 0.15) is 11.8 Å². The van der Waals surface area contributed by atoms with Gasteiger partial charge < -0.3 is 10.2 Å². The molecular weight excluding hydrogens is 372 g/mol. The maximum Gasteiger partial charge on any atom is 0.262 e. The smallest absolute Gasteiger partial charge is 0.262 e. The Hall–Kier alpha value is -2.52. The van der Waals surface area contributed by atoms with Gasteiger partial charge >= 0.3 is 0 Å². The molecule has 0 atom stereocenters. The predicted molar refractivity (Wildman–Crippen MR) is 102 cm³/mol. The first-order valence-electron chi connectivity index (χ1n) is 8.08. The zero-order chi connectivity index (χ0) is 18.5. The van der Waals surface area contributed by atoms with Gasteiger partial charge in [0.2, 0.25) is 11.8 Å². The summed E-state index contributed by atoms with van der Waals surface area (Å²) >= 11 is 2.94. The molecule has 2 amide bonds. The van der Waals surface area contributed by atoms with Crippen LogP contribution in [0.25, 0.3) is 10.2 Å². The lowest BCUT2D eigenvalue weighted by atomic mass is 10.3. The Morgan fingerprint density at radius 3 is 2.85 bits per heavy atom. The number of nitrogens with one attached hydrogen (secondary N) is 1. The summed E-state index contributed by atoms with van der Waals surface area (Å²) in [5.74, 6) is -0.524. The zero-order valence-electron chi connectivity index (χ0n) is 14.2. The highest BCUT2D eigenvalue weighted by Gasteiger charge is 2.17. The summed E-state index contributed by atoms with van der Waals surface area (Å²) in [6.07, 6.45) is 1.38. The van der Waals surface area contributed by atoms with Gasteiger partial charge in [0.1, 0.15) is 11.4 Å². The number of fused-ring (bicyclic) bond motifs is 1. The lowest BCUT2D eigenvalue weighted by Crippen LogP contribution is -2.42. The van der Waals surface area contributed by atoms with Crippen LogP contribution in [0.4, 0.5) is 0 Å². The van der Waals surface area contributed by atoms with E-state index in [4.69, 9.17) is 0 Å². The number of thiophene rings is 2. The summed E-state index contributed by atoms with van der Waals surface area (Å²) < 4.78 is 1.28. The molecule has 0 radical (unpaired) electrons. The summed E-state index contributed by atoms with van der Waals surface area (Å²) in [5, 5.41) is 7.04. The molecule has 136 valence electrons. The minimum absolute atomic E-state index is 0.0381. The van der Waals surface area contributed by atoms with Crippen molar-refractivity contribution in [1.82, 2.24) is 19.8 Å². The minimum atomic E-state index is -0.294. The topological polar surface area (TPSA) is 84.3 Å². The highest BCUT2D eigenvalue weighted by molar-refractivity contribution is 7.16. The van der Waals surface area contributed by atoms with Crippen molar-refractivity contribution in [1.29, 1.82) is 0 Å². The number of likely N-dealkylation sites (N-methyl/N-ethyl adjacent to an activating group) is 1. The SMILES string of the molecule is CCN(CC(=O)NCc1cccs1)C(=O)Cn1cnc2sccc2c1=O. The predicted octanol–water partition coefficient (Wildman–Crippen LogP) is 1.68. The molecule has 7 nitrogen and oxygen atoms in total. The first-order chi connectivity index (χ1) is 12.6. The Morgan fingerprint density at radius 1 is 1.27 bits per heavy atom. The number of aromatic nitrogens is 2. The molecule has 0 spiro atoms. The molecule has 3 heterocycles. The van der Waals surface area contributed by atoms with Crippen molar-refractivity contribution >= 4 is 44.7 Å². The number of rotatable bonds is 7. The normalized spacial score (nSPS) is 10.8. The van der Waals surface area contributed by atoms with Crippen molar-refractivity contribution in [2.24, 2.45) is 0 Å². The van der Waals surface area contributed by atoms with Gasteiger partial charge in [0.05, 0.1) is 24.8 Å². The van der Waals surface area contributed by atoms with Crippen molar-refractivity contribution in [3.8, 4) is 0 Å². The van der Waals surface area contributed by atoms with Crippen LogP contribution in [0.15, 0.2) is 40.1 Å². The summed E-state index contributed by atoms with van der Waals surface area (Å²) in [6, 6.07) is 5.56. The molecule has 0 aromatic carbocycles. The second kappa shape index (κ2) is 8.24. The Balaban J connectivity index is 1.61. The number of amides is 2. The van der Waals surface area contributed by atoms with E-state index in [2.05, 4.69) is 10.3 Å². The summed E-state index contributed by atoms with van der Waals surface area (Å²) in [4.78, 5) is 44.3. The van der Waals surface area contributed by atoms with E-state index in [1.165, 1.54) is 27.1 Å². The molecule has 0 saturated heterocycles.